The quantitative estimate of drug-likeness (QED) is 0.805. The van der Waals surface area contributed by atoms with Gasteiger partial charge in [0.15, 0.2) is 11.6 Å². The molecule has 0 aliphatic carbocycles. The third kappa shape index (κ3) is 2.89. The van der Waals surface area contributed by atoms with E-state index >= 15 is 0 Å². The molecule has 0 radical (unpaired) electrons. The van der Waals surface area contributed by atoms with Crippen molar-refractivity contribution in [2.45, 2.75) is 6.42 Å². The fourth-order valence-corrected chi connectivity index (χ4v) is 2.02. The van der Waals surface area contributed by atoms with E-state index in [1.807, 2.05) is 24.4 Å². The van der Waals surface area contributed by atoms with Crippen molar-refractivity contribution in [1.29, 1.82) is 0 Å². The van der Waals surface area contributed by atoms with Crippen LogP contribution in [0.3, 0.4) is 0 Å². The summed E-state index contributed by atoms with van der Waals surface area (Å²) in [6.07, 6.45) is 3.64. The molecule has 6 heteroatoms. The van der Waals surface area contributed by atoms with Crippen molar-refractivity contribution in [3.8, 4) is 0 Å². The van der Waals surface area contributed by atoms with Crippen LogP contribution in [0.5, 0.6) is 0 Å². The first-order valence-corrected chi connectivity index (χ1v) is 6.29. The molecule has 0 saturated carbocycles. The Hall–Kier alpha value is -2.76. The lowest BCUT2D eigenvalue weighted by Crippen LogP contribution is -2.14. The topological polar surface area (TPSA) is 46.4 Å². The minimum Gasteiger partial charge on any atom is -0.326 e. The second-order valence-corrected chi connectivity index (χ2v) is 4.55. The van der Waals surface area contributed by atoms with Crippen LogP contribution in [0, 0.1) is 11.6 Å². The molecule has 106 valence electrons. The summed E-state index contributed by atoms with van der Waals surface area (Å²) in [6, 6.07) is 8.76. The number of rotatable bonds is 3. The van der Waals surface area contributed by atoms with Crippen LogP contribution >= 0.6 is 0 Å². The molecule has 0 aliphatic rings. The van der Waals surface area contributed by atoms with Gasteiger partial charge in [-0.25, -0.2) is 13.8 Å². The molecule has 4 nitrogen and oxygen atoms in total. The molecule has 1 N–H and O–H groups in total. The average molecular weight is 287 g/mol. The number of fused-ring (bicyclic) bond motifs is 1. The summed E-state index contributed by atoms with van der Waals surface area (Å²) in [4.78, 5) is 16.2. The van der Waals surface area contributed by atoms with Gasteiger partial charge in [0.1, 0.15) is 5.65 Å². The first kappa shape index (κ1) is 13.2. The maximum Gasteiger partial charge on any atom is 0.230 e. The Kier molecular flexibility index (Phi) is 3.35. The minimum atomic E-state index is -1.000. The van der Waals surface area contributed by atoms with Gasteiger partial charge in [-0.05, 0) is 24.3 Å². The number of hydrogen-bond acceptors (Lipinski definition) is 2. The molecule has 0 saturated heterocycles. The number of hydrogen-bond donors (Lipinski definition) is 1. The highest BCUT2D eigenvalue weighted by Crippen LogP contribution is 2.13. The maximum absolute atomic E-state index is 13.1. The molecule has 3 rings (SSSR count). The van der Waals surface area contributed by atoms with Gasteiger partial charge in [-0.1, -0.05) is 6.07 Å². The summed E-state index contributed by atoms with van der Waals surface area (Å²) in [5.41, 5.74) is 1.55. The van der Waals surface area contributed by atoms with Crippen LogP contribution in [-0.4, -0.2) is 15.3 Å². The van der Waals surface area contributed by atoms with Crippen LogP contribution in [0.25, 0.3) is 5.65 Å². The lowest BCUT2D eigenvalue weighted by atomic mass is 10.2. The van der Waals surface area contributed by atoms with Crippen molar-refractivity contribution >= 4 is 17.2 Å². The summed E-state index contributed by atoms with van der Waals surface area (Å²) < 4.78 is 27.7. The molecule has 3 aromatic rings. The van der Waals surface area contributed by atoms with E-state index in [-0.39, 0.29) is 18.0 Å². The third-order valence-electron chi connectivity index (χ3n) is 2.96. The lowest BCUT2D eigenvalue weighted by molar-refractivity contribution is -0.115. The molecule has 0 atom stereocenters. The van der Waals surface area contributed by atoms with Gasteiger partial charge >= 0.3 is 0 Å². The van der Waals surface area contributed by atoms with Gasteiger partial charge < -0.3 is 9.72 Å². The van der Waals surface area contributed by atoms with Crippen molar-refractivity contribution in [3.05, 3.63) is 66.1 Å². The zero-order valence-corrected chi connectivity index (χ0v) is 10.9. The van der Waals surface area contributed by atoms with E-state index in [1.165, 1.54) is 6.07 Å². The maximum atomic E-state index is 13.1. The molecule has 1 amide bonds. The molecule has 0 aliphatic heterocycles. The van der Waals surface area contributed by atoms with E-state index in [9.17, 15) is 13.6 Å². The van der Waals surface area contributed by atoms with E-state index in [0.717, 1.165) is 17.8 Å². The van der Waals surface area contributed by atoms with E-state index < -0.39 is 11.6 Å². The van der Waals surface area contributed by atoms with Crippen molar-refractivity contribution < 1.29 is 13.6 Å². The van der Waals surface area contributed by atoms with Crippen molar-refractivity contribution in [2.75, 3.05) is 5.32 Å². The van der Waals surface area contributed by atoms with Crippen LogP contribution in [0.2, 0.25) is 0 Å². The normalized spacial score (nSPS) is 10.8. The van der Waals surface area contributed by atoms with Gasteiger partial charge in [0.25, 0.3) is 0 Å². The Morgan fingerprint density at radius 2 is 2.05 bits per heavy atom. The zero-order chi connectivity index (χ0) is 14.8. The number of nitrogens with one attached hydrogen (secondary N) is 1. The molecule has 2 aromatic heterocycles. The monoisotopic (exact) mass is 287 g/mol. The molecule has 2 heterocycles. The van der Waals surface area contributed by atoms with Crippen LogP contribution in [-0.2, 0) is 11.2 Å². The second-order valence-electron chi connectivity index (χ2n) is 4.55. The Morgan fingerprint density at radius 1 is 1.19 bits per heavy atom. The molecule has 0 spiro atoms. The largest absolute Gasteiger partial charge is 0.326 e. The van der Waals surface area contributed by atoms with E-state index in [1.54, 1.807) is 10.6 Å². The van der Waals surface area contributed by atoms with Gasteiger partial charge in [-0.2, -0.15) is 0 Å². The first-order valence-electron chi connectivity index (χ1n) is 6.29. The molecule has 1 aromatic carbocycles. The third-order valence-corrected chi connectivity index (χ3v) is 2.96. The van der Waals surface area contributed by atoms with Gasteiger partial charge in [0, 0.05) is 24.1 Å². The number of imidazole rings is 1. The van der Waals surface area contributed by atoms with Crippen LogP contribution in [0.15, 0.2) is 48.8 Å². The number of aromatic nitrogens is 2. The fourth-order valence-electron chi connectivity index (χ4n) is 2.02. The number of nitrogens with zero attached hydrogens (tertiary/aromatic N) is 2. The summed E-state index contributed by atoms with van der Waals surface area (Å²) in [7, 11) is 0. The Balaban J connectivity index is 1.72. The average Bonchev–Trinajstić information content (AvgIpc) is 2.84. The Labute approximate surface area is 119 Å². The van der Waals surface area contributed by atoms with Gasteiger partial charge in [0.2, 0.25) is 5.91 Å². The van der Waals surface area contributed by atoms with Crippen LogP contribution in [0.4, 0.5) is 14.5 Å². The number of carbonyl (C=O) groups excluding carboxylic acids is 1. The summed E-state index contributed by atoms with van der Waals surface area (Å²) in [5.74, 6) is -2.29. The van der Waals surface area contributed by atoms with Crippen LogP contribution in [0.1, 0.15) is 5.69 Å². The highest BCUT2D eigenvalue weighted by atomic mass is 19.2. The first-order chi connectivity index (χ1) is 10.1. The molecule has 0 bridgehead atoms. The van der Waals surface area contributed by atoms with E-state index in [2.05, 4.69) is 10.3 Å². The molecule has 0 unspecified atom stereocenters. The van der Waals surface area contributed by atoms with E-state index in [0.29, 0.717) is 5.69 Å². The fraction of sp³-hybridized carbons (Fsp3) is 0.0667. The molecular weight excluding hydrogens is 276 g/mol. The van der Waals surface area contributed by atoms with E-state index in [4.69, 9.17) is 0 Å². The number of halogens is 2. The van der Waals surface area contributed by atoms with Gasteiger partial charge in [0.05, 0.1) is 12.1 Å². The predicted octanol–water partition coefficient (Wildman–Crippen LogP) is 2.79. The van der Waals surface area contributed by atoms with Crippen molar-refractivity contribution in [3.63, 3.8) is 0 Å². The Morgan fingerprint density at radius 3 is 2.81 bits per heavy atom. The molecule has 21 heavy (non-hydrogen) atoms. The number of pyridine rings is 1. The highest BCUT2D eigenvalue weighted by Gasteiger charge is 2.09. The minimum absolute atomic E-state index is 0.0562. The smallest absolute Gasteiger partial charge is 0.230 e. The van der Waals surface area contributed by atoms with Gasteiger partial charge in [-0.15, -0.1) is 0 Å². The van der Waals surface area contributed by atoms with Crippen molar-refractivity contribution in [1.82, 2.24) is 9.38 Å². The van der Waals surface area contributed by atoms with Crippen molar-refractivity contribution in [2.24, 2.45) is 0 Å². The van der Waals surface area contributed by atoms with Gasteiger partial charge in [-0.3, -0.25) is 4.79 Å². The number of amides is 1. The zero-order valence-electron chi connectivity index (χ0n) is 10.9. The number of benzene rings is 1. The highest BCUT2D eigenvalue weighted by molar-refractivity contribution is 5.92. The number of anilines is 1. The summed E-state index contributed by atoms with van der Waals surface area (Å²) >= 11 is 0. The second kappa shape index (κ2) is 5.32. The Bertz CT molecular complexity index is 781. The number of carbonyl (C=O) groups is 1. The predicted molar refractivity (Wildman–Crippen MR) is 73.9 cm³/mol. The SMILES string of the molecule is O=C(Cc1cn2ccccc2n1)Nc1ccc(F)c(F)c1. The summed E-state index contributed by atoms with van der Waals surface area (Å²) in [6.45, 7) is 0. The lowest BCUT2D eigenvalue weighted by Gasteiger charge is -2.04. The van der Waals surface area contributed by atoms with Crippen LogP contribution < -0.4 is 5.32 Å². The molecule has 0 fully saturated rings. The summed E-state index contributed by atoms with van der Waals surface area (Å²) in [5, 5.41) is 2.51. The molecular formula is C15H11F2N3O. The standard InChI is InChI=1S/C15H11F2N3O/c16-12-5-4-10(7-13(12)17)19-15(21)8-11-9-20-6-2-1-3-14(20)18-11/h1-7,9H,8H2,(H,19,21).